The summed E-state index contributed by atoms with van der Waals surface area (Å²) in [6, 6.07) is 5.86. The second-order valence-electron chi connectivity index (χ2n) is 5.13. The van der Waals surface area contributed by atoms with Crippen LogP contribution < -0.4 is 5.73 Å². The van der Waals surface area contributed by atoms with Gasteiger partial charge in [-0.25, -0.2) is 0 Å². The van der Waals surface area contributed by atoms with E-state index in [0.29, 0.717) is 5.92 Å². The van der Waals surface area contributed by atoms with E-state index in [-0.39, 0.29) is 6.10 Å². The molecule has 1 aliphatic carbocycles. The van der Waals surface area contributed by atoms with Gasteiger partial charge in [-0.1, -0.05) is 24.3 Å². The standard InChI is InChI=1S/C17H14N2O/c18-13-6-5-12-9-19-10-15(14(12)8-13)17-7-11-3-1-2-4-16(11)20-17/h1-11,16H,18H2. The smallest absolute Gasteiger partial charge is 0.127 e. The van der Waals surface area contributed by atoms with Gasteiger partial charge in [-0.2, -0.15) is 0 Å². The molecule has 0 fully saturated rings. The summed E-state index contributed by atoms with van der Waals surface area (Å²) >= 11 is 0. The van der Waals surface area contributed by atoms with Crippen LogP contribution in [0.5, 0.6) is 0 Å². The van der Waals surface area contributed by atoms with Crippen LogP contribution in [0.25, 0.3) is 16.5 Å². The van der Waals surface area contributed by atoms with E-state index in [2.05, 4.69) is 29.3 Å². The van der Waals surface area contributed by atoms with Crippen molar-refractivity contribution in [2.75, 3.05) is 5.73 Å². The summed E-state index contributed by atoms with van der Waals surface area (Å²) in [5, 5.41) is 2.15. The highest BCUT2D eigenvalue weighted by Crippen LogP contribution is 2.36. The molecule has 20 heavy (non-hydrogen) atoms. The second kappa shape index (κ2) is 4.23. The Labute approximate surface area is 117 Å². The van der Waals surface area contributed by atoms with E-state index in [0.717, 1.165) is 27.8 Å². The van der Waals surface area contributed by atoms with E-state index < -0.39 is 0 Å². The molecular formula is C17H14N2O. The maximum absolute atomic E-state index is 6.04. The van der Waals surface area contributed by atoms with E-state index in [9.17, 15) is 0 Å². The number of rotatable bonds is 1. The van der Waals surface area contributed by atoms with E-state index in [1.807, 2.05) is 36.7 Å². The van der Waals surface area contributed by atoms with Crippen LogP contribution in [0, 0.1) is 5.92 Å². The zero-order valence-corrected chi connectivity index (χ0v) is 10.9. The normalized spacial score (nSPS) is 23.5. The second-order valence-corrected chi connectivity index (χ2v) is 5.13. The molecule has 0 spiro atoms. The molecule has 2 heterocycles. The van der Waals surface area contributed by atoms with Gasteiger partial charge in [-0.3, -0.25) is 4.98 Å². The molecule has 0 bridgehead atoms. The number of anilines is 1. The molecule has 4 rings (SSSR count). The summed E-state index contributed by atoms with van der Waals surface area (Å²) in [7, 11) is 0. The van der Waals surface area contributed by atoms with Crippen LogP contribution >= 0.6 is 0 Å². The van der Waals surface area contributed by atoms with E-state index in [1.54, 1.807) is 0 Å². The number of allylic oxidation sites excluding steroid dienone is 2. The summed E-state index contributed by atoms with van der Waals surface area (Å²) in [4.78, 5) is 4.31. The van der Waals surface area contributed by atoms with E-state index in [4.69, 9.17) is 10.5 Å². The monoisotopic (exact) mass is 262 g/mol. The largest absolute Gasteiger partial charge is 0.485 e. The lowest BCUT2D eigenvalue weighted by atomic mass is 9.98. The average molecular weight is 262 g/mol. The molecule has 3 heteroatoms. The number of hydrogen-bond donors (Lipinski definition) is 1. The van der Waals surface area contributed by atoms with E-state index >= 15 is 0 Å². The highest BCUT2D eigenvalue weighted by molar-refractivity contribution is 5.94. The molecule has 2 N–H and O–H groups in total. The number of ether oxygens (including phenoxy) is 1. The molecule has 1 aromatic heterocycles. The van der Waals surface area contributed by atoms with Crippen molar-refractivity contribution in [3.63, 3.8) is 0 Å². The number of nitrogen functional groups attached to an aromatic ring is 1. The quantitative estimate of drug-likeness (QED) is 0.802. The van der Waals surface area contributed by atoms with Crippen molar-refractivity contribution < 1.29 is 4.74 Å². The number of benzene rings is 1. The Bertz CT molecular complexity index is 774. The fraction of sp³-hybridized carbons (Fsp3) is 0.118. The average Bonchev–Trinajstić information content (AvgIpc) is 2.90. The van der Waals surface area contributed by atoms with Crippen molar-refractivity contribution >= 4 is 22.2 Å². The zero-order valence-electron chi connectivity index (χ0n) is 10.9. The summed E-state index contributed by atoms with van der Waals surface area (Å²) in [5.74, 6) is 1.20. The molecule has 1 aromatic carbocycles. The molecule has 98 valence electrons. The van der Waals surface area contributed by atoms with Gasteiger partial charge in [0.1, 0.15) is 11.9 Å². The Morgan fingerprint density at radius 3 is 2.90 bits per heavy atom. The van der Waals surface area contributed by atoms with Crippen LogP contribution in [0.1, 0.15) is 5.56 Å². The molecule has 1 aliphatic heterocycles. The van der Waals surface area contributed by atoms with Crippen molar-refractivity contribution in [3.05, 3.63) is 66.5 Å². The third kappa shape index (κ3) is 1.71. The Hall–Kier alpha value is -2.55. The number of aromatic nitrogens is 1. The SMILES string of the molecule is Nc1ccc2cncc(C3=CC4C=CC=CC4O3)c2c1. The number of hydrogen-bond acceptors (Lipinski definition) is 3. The third-order valence-electron chi connectivity index (χ3n) is 3.78. The Morgan fingerprint density at radius 1 is 1.10 bits per heavy atom. The Balaban J connectivity index is 1.85. The molecule has 0 saturated heterocycles. The van der Waals surface area contributed by atoms with Crippen molar-refractivity contribution in [3.8, 4) is 0 Å². The first-order chi connectivity index (χ1) is 9.81. The molecule has 3 nitrogen and oxygen atoms in total. The molecule has 2 unspecified atom stereocenters. The number of nitrogens with zero attached hydrogens (tertiary/aromatic N) is 1. The first kappa shape index (κ1) is 11.3. The number of pyridine rings is 1. The molecule has 0 radical (unpaired) electrons. The lowest BCUT2D eigenvalue weighted by Crippen LogP contribution is -2.13. The summed E-state index contributed by atoms with van der Waals surface area (Å²) in [6.07, 6.45) is 14.3. The molecule has 0 amide bonds. The summed E-state index contributed by atoms with van der Waals surface area (Å²) in [6.45, 7) is 0. The van der Waals surface area contributed by atoms with Crippen molar-refractivity contribution in [1.29, 1.82) is 0 Å². The maximum atomic E-state index is 6.04. The predicted molar refractivity (Wildman–Crippen MR) is 80.8 cm³/mol. The van der Waals surface area contributed by atoms with Crippen molar-refractivity contribution in [2.45, 2.75) is 6.10 Å². The van der Waals surface area contributed by atoms with Crippen LogP contribution in [-0.2, 0) is 4.74 Å². The van der Waals surface area contributed by atoms with Crippen LogP contribution in [0.4, 0.5) is 5.69 Å². The minimum Gasteiger partial charge on any atom is -0.485 e. The minimum atomic E-state index is 0.103. The van der Waals surface area contributed by atoms with Gasteiger partial charge in [-0.05, 0) is 29.7 Å². The van der Waals surface area contributed by atoms with Gasteiger partial charge in [0.25, 0.3) is 0 Å². The van der Waals surface area contributed by atoms with Gasteiger partial charge in [0.2, 0.25) is 0 Å². The van der Waals surface area contributed by atoms with Gasteiger partial charge in [0.05, 0.1) is 0 Å². The third-order valence-corrected chi connectivity index (χ3v) is 3.78. The molecular weight excluding hydrogens is 248 g/mol. The van der Waals surface area contributed by atoms with Gasteiger partial charge < -0.3 is 10.5 Å². The maximum Gasteiger partial charge on any atom is 0.127 e. The molecule has 0 saturated carbocycles. The van der Waals surface area contributed by atoms with Gasteiger partial charge >= 0.3 is 0 Å². The first-order valence-electron chi connectivity index (χ1n) is 6.68. The lowest BCUT2D eigenvalue weighted by Gasteiger charge is -2.15. The Morgan fingerprint density at radius 2 is 2.00 bits per heavy atom. The van der Waals surface area contributed by atoms with Gasteiger partial charge in [0.15, 0.2) is 0 Å². The number of fused-ring (bicyclic) bond motifs is 2. The van der Waals surface area contributed by atoms with Crippen molar-refractivity contribution in [2.24, 2.45) is 5.92 Å². The fourth-order valence-electron chi connectivity index (χ4n) is 2.76. The zero-order chi connectivity index (χ0) is 13.5. The highest BCUT2D eigenvalue weighted by atomic mass is 16.5. The van der Waals surface area contributed by atoms with Crippen LogP contribution in [0.3, 0.4) is 0 Å². The van der Waals surface area contributed by atoms with Crippen molar-refractivity contribution in [1.82, 2.24) is 4.98 Å². The fourth-order valence-corrected chi connectivity index (χ4v) is 2.76. The van der Waals surface area contributed by atoms with Crippen LogP contribution in [0.2, 0.25) is 0 Å². The number of nitrogens with two attached hydrogens (primary N) is 1. The molecule has 2 aromatic rings. The molecule has 2 aliphatic rings. The van der Waals surface area contributed by atoms with Crippen LogP contribution in [-0.4, -0.2) is 11.1 Å². The topological polar surface area (TPSA) is 48.1 Å². The van der Waals surface area contributed by atoms with Crippen LogP contribution in [0.15, 0.2) is 61.0 Å². The summed E-state index contributed by atoms with van der Waals surface area (Å²) < 4.78 is 6.04. The van der Waals surface area contributed by atoms with E-state index in [1.165, 1.54) is 0 Å². The Kier molecular flexibility index (Phi) is 2.39. The van der Waals surface area contributed by atoms with Gasteiger partial charge in [0, 0.05) is 34.9 Å². The minimum absolute atomic E-state index is 0.103. The first-order valence-corrected chi connectivity index (χ1v) is 6.68. The molecule has 2 atom stereocenters. The van der Waals surface area contributed by atoms with Gasteiger partial charge in [-0.15, -0.1) is 0 Å². The summed E-state index contributed by atoms with van der Waals surface area (Å²) in [5.41, 5.74) is 7.66. The lowest BCUT2D eigenvalue weighted by molar-refractivity contribution is 0.213. The highest BCUT2D eigenvalue weighted by Gasteiger charge is 2.27. The predicted octanol–water partition coefficient (Wildman–Crippen LogP) is 3.30.